The number of non-ortho nitro benzene ring substituents is 1. The first kappa shape index (κ1) is 32.3. The molecule has 0 saturated carbocycles. The lowest BCUT2D eigenvalue weighted by atomic mass is 9.72. The molecule has 232 valence electrons. The Labute approximate surface area is 257 Å². The number of aromatic nitrogens is 1. The van der Waals surface area contributed by atoms with Crippen LogP contribution >= 0.6 is 0 Å². The first-order valence-electron chi connectivity index (χ1n) is 14.7. The van der Waals surface area contributed by atoms with Crippen molar-refractivity contribution in [2.75, 3.05) is 33.8 Å². The first-order valence-corrected chi connectivity index (χ1v) is 14.7. The monoisotopic (exact) mass is 601 g/mol. The number of hydrogen-bond donors (Lipinski definition) is 1. The van der Waals surface area contributed by atoms with Crippen LogP contribution in [0.15, 0.2) is 72.9 Å². The van der Waals surface area contributed by atoms with Crippen LogP contribution in [0.25, 0.3) is 11.1 Å². The molecule has 0 bridgehead atoms. The highest BCUT2D eigenvalue weighted by molar-refractivity contribution is 5.93. The zero-order valence-electron chi connectivity index (χ0n) is 25.6. The lowest BCUT2D eigenvalue weighted by Crippen LogP contribution is -2.56. The second-order valence-corrected chi connectivity index (χ2v) is 11.3. The number of methoxy groups -OCH3 is 1. The van der Waals surface area contributed by atoms with Crippen molar-refractivity contribution in [2.45, 2.75) is 50.6 Å². The SMILES string of the molecule is COC(=O)C1(c2ccccc2)CCN(C(CCNC(=O)c2cc(-c3ccc([N+](=O)[O-])cc3)ccn2)C(=O)N(C)C(C)C)CC1. The summed E-state index contributed by atoms with van der Waals surface area (Å²) in [7, 11) is 3.18. The van der Waals surface area contributed by atoms with Gasteiger partial charge in [-0.15, -0.1) is 0 Å². The van der Waals surface area contributed by atoms with Crippen LogP contribution in [0.5, 0.6) is 0 Å². The fourth-order valence-electron chi connectivity index (χ4n) is 5.66. The molecule has 0 radical (unpaired) electrons. The molecule has 4 rings (SSSR count). The smallest absolute Gasteiger partial charge is 0.316 e. The van der Waals surface area contributed by atoms with E-state index in [9.17, 15) is 24.5 Å². The van der Waals surface area contributed by atoms with Crippen LogP contribution in [0.4, 0.5) is 5.69 Å². The molecule has 0 aliphatic carbocycles. The second kappa shape index (κ2) is 14.2. The number of carbonyl (C=O) groups excluding carboxylic acids is 3. The predicted molar refractivity (Wildman–Crippen MR) is 166 cm³/mol. The average molecular weight is 602 g/mol. The maximum absolute atomic E-state index is 13.6. The number of nitrogens with one attached hydrogen (secondary N) is 1. The van der Waals surface area contributed by atoms with E-state index < -0.39 is 16.4 Å². The molecule has 1 saturated heterocycles. The van der Waals surface area contributed by atoms with Gasteiger partial charge in [-0.05, 0) is 74.1 Å². The Bertz CT molecular complexity index is 1470. The molecule has 1 fully saturated rings. The van der Waals surface area contributed by atoms with Gasteiger partial charge in [0, 0.05) is 51.1 Å². The molecular formula is C33H39N5O6. The highest BCUT2D eigenvalue weighted by Crippen LogP contribution is 2.37. The Morgan fingerprint density at radius 2 is 1.70 bits per heavy atom. The Morgan fingerprint density at radius 1 is 1.05 bits per heavy atom. The molecule has 1 unspecified atom stereocenters. The van der Waals surface area contributed by atoms with Gasteiger partial charge < -0.3 is 15.0 Å². The van der Waals surface area contributed by atoms with Crippen molar-refractivity contribution < 1.29 is 24.0 Å². The van der Waals surface area contributed by atoms with Gasteiger partial charge in [0.15, 0.2) is 0 Å². The molecule has 11 nitrogen and oxygen atoms in total. The number of nitro groups is 1. The number of ether oxygens (including phenoxy) is 1. The molecule has 1 aliphatic heterocycles. The van der Waals surface area contributed by atoms with Crippen molar-refractivity contribution in [1.29, 1.82) is 0 Å². The van der Waals surface area contributed by atoms with Gasteiger partial charge >= 0.3 is 5.97 Å². The molecule has 11 heteroatoms. The lowest BCUT2D eigenvalue weighted by molar-refractivity contribution is -0.384. The quantitative estimate of drug-likeness (QED) is 0.196. The van der Waals surface area contributed by atoms with Gasteiger partial charge in [0.1, 0.15) is 5.69 Å². The summed E-state index contributed by atoms with van der Waals surface area (Å²) in [5.41, 5.74) is 1.73. The van der Waals surface area contributed by atoms with E-state index in [0.717, 1.165) is 11.1 Å². The fraction of sp³-hybridized carbons (Fsp3) is 0.394. The number of hydrogen-bond acceptors (Lipinski definition) is 8. The van der Waals surface area contributed by atoms with Crippen LogP contribution < -0.4 is 5.32 Å². The molecule has 1 aliphatic rings. The minimum atomic E-state index is -0.779. The number of likely N-dealkylation sites (N-methyl/N-ethyl adjacent to an activating group) is 1. The summed E-state index contributed by atoms with van der Waals surface area (Å²) >= 11 is 0. The third kappa shape index (κ3) is 7.11. The van der Waals surface area contributed by atoms with Crippen molar-refractivity contribution >= 4 is 23.5 Å². The topological polar surface area (TPSA) is 135 Å². The predicted octanol–water partition coefficient (Wildman–Crippen LogP) is 4.22. The third-order valence-corrected chi connectivity index (χ3v) is 8.51. The van der Waals surface area contributed by atoms with Crippen LogP contribution in [0.2, 0.25) is 0 Å². The highest BCUT2D eigenvalue weighted by atomic mass is 16.6. The molecule has 1 N–H and O–H groups in total. The van der Waals surface area contributed by atoms with Crippen LogP contribution in [0.3, 0.4) is 0 Å². The highest BCUT2D eigenvalue weighted by Gasteiger charge is 2.45. The summed E-state index contributed by atoms with van der Waals surface area (Å²) < 4.78 is 5.23. The van der Waals surface area contributed by atoms with Crippen molar-refractivity contribution in [1.82, 2.24) is 20.1 Å². The minimum Gasteiger partial charge on any atom is -0.468 e. The second-order valence-electron chi connectivity index (χ2n) is 11.3. The van der Waals surface area contributed by atoms with Crippen LogP contribution in [0.1, 0.15) is 49.2 Å². The molecule has 0 spiro atoms. The maximum Gasteiger partial charge on any atom is 0.316 e. The Hall–Kier alpha value is -4.64. The van der Waals surface area contributed by atoms with E-state index in [1.807, 2.05) is 44.2 Å². The summed E-state index contributed by atoms with van der Waals surface area (Å²) in [5.74, 6) is -0.705. The molecule has 2 aromatic carbocycles. The Morgan fingerprint density at radius 3 is 2.30 bits per heavy atom. The number of esters is 1. The van der Waals surface area contributed by atoms with Crippen LogP contribution in [0, 0.1) is 10.1 Å². The van der Waals surface area contributed by atoms with E-state index in [-0.39, 0.29) is 41.8 Å². The Kier molecular flexibility index (Phi) is 10.4. The van der Waals surface area contributed by atoms with Gasteiger partial charge in [0.2, 0.25) is 5.91 Å². The average Bonchev–Trinajstić information content (AvgIpc) is 3.06. The molecule has 3 aromatic rings. The summed E-state index contributed by atoms with van der Waals surface area (Å²) in [5, 5.41) is 13.9. The van der Waals surface area contributed by atoms with Gasteiger partial charge in [-0.3, -0.25) is 34.4 Å². The van der Waals surface area contributed by atoms with Gasteiger partial charge in [-0.25, -0.2) is 0 Å². The zero-order valence-corrected chi connectivity index (χ0v) is 25.6. The fourth-order valence-corrected chi connectivity index (χ4v) is 5.66. The van der Waals surface area contributed by atoms with Crippen LogP contribution in [-0.2, 0) is 19.7 Å². The molecule has 1 aromatic heterocycles. The normalized spacial score (nSPS) is 15.3. The van der Waals surface area contributed by atoms with E-state index in [2.05, 4.69) is 15.2 Å². The third-order valence-electron chi connectivity index (χ3n) is 8.51. The summed E-state index contributed by atoms with van der Waals surface area (Å²) in [6, 6.07) is 18.6. The number of benzene rings is 2. The first-order chi connectivity index (χ1) is 21.1. The zero-order chi connectivity index (χ0) is 31.9. The molecule has 2 amide bonds. The van der Waals surface area contributed by atoms with Crippen molar-refractivity contribution in [2.24, 2.45) is 0 Å². The van der Waals surface area contributed by atoms with Crippen molar-refractivity contribution in [3.8, 4) is 11.1 Å². The number of nitro benzene ring substituents is 1. The molecule has 1 atom stereocenters. The molecule has 44 heavy (non-hydrogen) atoms. The molecular weight excluding hydrogens is 562 g/mol. The maximum atomic E-state index is 13.6. The van der Waals surface area contributed by atoms with E-state index >= 15 is 0 Å². The summed E-state index contributed by atoms with van der Waals surface area (Å²) in [4.78, 5) is 58.3. The lowest BCUT2D eigenvalue weighted by Gasteiger charge is -2.43. The summed E-state index contributed by atoms with van der Waals surface area (Å²) in [6.45, 7) is 5.17. The van der Waals surface area contributed by atoms with E-state index in [1.54, 1.807) is 36.2 Å². The standard InChI is InChI=1S/C33H39N5O6/c1-23(2)36(3)31(40)29(37-20-16-33(17-21-37,32(41)44-4)26-8-6-5-7-9-26)15-19-35-30(39)28-22-25(14-18-34-28)24-10-12-27(13-11-24)38(42)43/h5-14,18,22-23,29H,15-17,19-21H2,1-4H3,(H,35,39). The number of amides is 2. The number of piperidine rings is 1. The number of nitrogens with zero attached hydrogens (tertiary/aromatic N) is 4. The summed E-state index contributed by atoms with van der Waals surface area (Å²) in [6.07, 6.45) is 2.90. The van der Waals surface area contributed by atoms with Crippen molar-refractivity contribution in [3.05, 3.63) is 94.3 Å². The number of rotatable bonds is 11. The molecule has 2 heterocycles. The van der Waals surface area contributed by atoms with E-state index in [4.69, 9.17) is 4.74 Å². The number of carbonyl (C=O) groups is 3. The van der Waals surface area contributed by atoms with Gasteiger partial charge in [0.05, 0.1) is 23.5 Å². The Balaban J connectivity index is 1.45. The van der Waals surface area contributed by atoms with Gasteiger partial charge in [-0.1, -0.05) is 30.3 Å². The van der Waals surface area contributed by atoms with Crippen LogP contribution in [-0.4, -0.2) is 83.4 Å². The largest absolute Gasteiger partial charge is 0.468 e. The van der Waals surface area contributed by atoms with E-state index in [0.29, 0.717) is 37.9 Å². The van der Waals surface area contributed by atoms with E-state index in [1.165, 1.54) is 25.4 Å². The van der Waals surface area contributed by atoms with Gasteiger partial charge in [0.25, 0.3) is 11.6 Å². The number of likely N-dealkylation sites (tertiary alicyclic amines) is 1. The van der Waals surface area contributed by atoms with Crippen molar-refractivity contribution in [3.63, 3.8) is 0 Å². The minimum absolute atomic E-state index is 0.00535. The van der Waals surface area contributed by atoms with Gasteiger partial charge in [-0.2, -0.15) is 0 Å². The number of pyridine rings is 1.